The third kappa shape index (κ3) is 2.34. The molecule has 1 saturated carbocycles. The Labute approximate surface area is 119 Å². The van der Waals surface area contributed by atoms with Crippen molar-refractivity contribution >= 4 is 11.0 Å². The molecule has 1 aliphatic carbocycles. The van der Waals surface area contributed by atoms with E-state index in [1.807, 2.05) is 0 Å². The van der Waals surface area contributed by atoms with Crippen molar-refractivity contribution in [2.45, 2.75) is 51.8 Å². The summed E-state index contributed by atoms with van der Waals surface area (Å²) in [6.45, 7) is 5.96. The quantitative estimate of drug-likeness (QED) is 0.899. The first-order valence-electron chi connectivity index (χ1n) is 7.45. The monoisotopic (exact) mass is 273 g/mol. The molecule has 1 heterocycles. The van der Waals surface area contributed by atoms with Crippen LogP contribution in [0.2, 0.25) is 0 Å². The highest BCUT2D eigenvalue weighted by atomic mass is 16.3. The lowest BCUT2D eigenvalue weighted by Crippen LogP contribution is -2.29. The molecule has 0 saturated heterocycles. The molecule has 108 valence electrons. The first kappa shape index (κ1) is 13.6. The number of nitrogens with zero attached hydrogens (tertiary/aromatic N) is 2. The zero-order valence-corrected chi connectivity index (χ0v) is 12.2. The predicted molar refractivity (Wildman–Crippen MR) is 80.4 cm³/mol. The fourth-order valence-corrected chi connectivity index (χ4v) is 2.99. The largest absolute Gasteiger partial charge is 0.393 e. The van der Waals surface area contributed by atoms with Gasteiger partial charge in [-0.3, -0.25) is 0 Å². The van der Waals surface area contributed by atoms with Gasteiger partial charge < -0.3 is 15.4 Å². The molecule has 0 aliphatic heterocycles. The normalized spacial score (nSPS) is 22.4. The molecule has 20 heavy (non-hydrogen) atoms. The van der Waals surface area contributed by atoms with Crippen LogP contribution in [-0.4, -0.2) is 20.8 Å². The Hall–Kier alpha value is -1.39. The van der Waals surface area contributed by atoms with Crippen molar-refractivity contribution in [1.82, 2.24) is 9.55 Å². The SMILES string of the molecule is CC(C)Cn1c(C2CC(O)C2)nc2cc(CN)ccc21. The van der Waals surface area contributed by atoms with E-state index in [-0.39, 0.29) is 6.10 Å². The molecule has 2 aromatic rings. The van der Waals surface area contributed by atoms with E-state index in [9.17, 15) is 5.11 Å². The van der Waals surface area contributed by atoms with E-state index in [1.165, 1.54) is 5.52 Å². The second-order valence-electron chi connectivity index (χ2n) is 6.32. The van der Waals surface area contributed by atoms with Crippen LogP contribution >= 0.6 is 0 Å². The fourth-order valence-electron chi connectivity index (χ4n) is 2.99. The van der Waals surface area contributed by atoms with Crippen LogP contribution in [0.1, 0.15) is 44.0 Å². The average molecular weight is 273 g/mol. The number of rotatable bonds is 4. The summed E-state index contributed by atoms with van der Waals surface area (Å²) in [5, 5.41) is 9.56. The van der Waals surface area contributed by atoms with Crippen molar-refractivity contribution in [2.75, 3.05) is 0 Å². The lowest BCUT2D eigenvalue weighted by atomic mass is 9.82. The first-order valence-corrected chi connectivity index (χ1v) is 7.45. The summed E-state index contributed by atoms with van der Waals surface area (Å²) in [5.41, 5.74) is 9.05. The van der Waals surface area contributed by atoms with Gasteiger partial charge in [0.15, 0.2) is 0 Å². The van der Waals surface area contributed by atoms with Crippen LogP contribution in [0.5, 0.6) is 0 Å². The molecular weight excluding hydrogens is 250 g/mol. The standard InChI is InChI=1S/C16H23N3O/c1-10(2)9-19-15-4-3-11(8-17)5-14(15)18-16(19)12-6-13(20)7-12/h3-5,10,12-13,20H,6-9,17H2,1-2H3. The number of benzene rings is 1. The van der Waals surface area contributed by atoms with Crippen LogP contribution in [0.15, 0.2) is 18.2 Å². The Morgan fingerprint density at radius 2 is 2.15 bits per heavy atom. The third-order valence-electron chi connectivity index (χ3n) is 4.10. The summed E-state index contributed by atoms with van der Waals surface area (Å²) in [7, 11) is 0. The minimum atomic E-state index is -0.146. The molecular formula is C16H23N3O. The minimum absolute atomic E-state index is 0.146. The lowest BCUT2D eigenvalue weighted by molar-refractivity contribution is 0.0704. The highest BCUT2D eigenvalue weighted by molar-refractivity contribution is 5.77. The van der Waals surface area contributed by atoms with E-state index in [4.69, 9.17) is 10.7 Å². The summed E-state index contributed by atoms with van der Waals surface area (Å²) in [4.78, 5) is 4.83. The molecule has 1 aromatic carbocycles. The van der Waals surface area contributed by atoms with Crippen LogP contribution in [0, 0.1) is 5.92 Å². The third-order valence-corrected chi connectivity index (χ3v) is 4.10. The summed E-state index contributed by atoms with van der Waals surface area (Å²) in [6, 6.07) is 6.30. The number of fused-ring (bicyclic) bond motifs is 1. The molecule has 1 aromatic heterocycles. The maximum Gasteiger partial charge on any atom is 0.113 e. The van der Waals surface area contributed by atoms with Gasteiger partial charge in [0.2, 0.25) is 0 Å². The van der Waals surface area contributed by atoms with Gasteiger partial charge in [-0.2, -0.15) is 0 Å². The van der Waals surface area contributed by atoms with Crippen LogP contribution in [0.3, 0.4) is 0 Å². The molecule has 3 N–H and O–H groups in total. The van der Waals surface area contributed by atoms with Crippen LogP contribution in [-0.2, 0) is 13.1 Å². The molecule has 4 heteroatoms. The molecule has 0 spiro atoms. The van der Waals surface area contributed by atoms with Crippen LogP contribution < -0.4 is 5.73 Å². The van der Waals surface area contributed by atoms with E-state index in [0.29, 0.717) is 18.4 Å². The Balaban J connectivity index is 2.06. The van der Waals surface area contributed by atoms with Gasteiger partial charge in [0.05, 0.1) is 17.1 Å². The second-order valence-corrected chi connectivity index (χ2v) is 6.32. The van der Waals surface area contributed by atoms with E-state index in [1.54, 1.807) is 0 Å². The molecule has 1 aliphatic rings. The van der Waals surface area contributed by atoms with E-state index in [2.05, 4.69) is 36.6 Å². The van der Waals surface area contributed by atoms with Gasteiger partial charge >= 0.3 is 0 Å². The number of hydrogen-bond acceptors (Lipinski definition) is 3. The van der Waals surface area contributed by atoms with Crippen LogP contribution in [0.4, 0.5) is 0 Å². The van der Waals surface area contributed by atoms with Crippen molar-refractivity contribution < 1.29 is 5.11 Å². The predicted octanol–water partition coefficient (Wildman–Crippen LogP) is 2.39. The van der Waals surface area contributed by atoms with Crippen molar-refractivity contribution in [3.63, 3.8) is 0 Å². The highest BCUT2D eigenvalue weighted by Gasteiger charge is 2.32. The van der Waals surface area contributed by atoms with Gasteiger partial charge in [-0.25, -0.2) is 4.98 Å². The first-order chi connectivity index (χ1) is 9.58. The zero-order chi connectivity index (χ0) is 14.3. The van der Waals surface area contributed by atoms with Gasteiger partial charge in [0, 0.05) is 19.0 Å². The average Bonchev–Trinajstić information content (AvgIpc) is 2.72. The van der Waals surface area contributed by atoms with Crippen molar-refractivity contribution in [3.8, 4) is 0 Å². The van der Waals surface area contributed by atoms with Gasteiger partial charge in [0.1, 0.15) is 5.82 Å². The topological polar surface area (TPSA) is 64.1 Å². The van der Waals surface area contributed by atoms with E-state index in [0.717, 1.165) is 36.3 Å². The smallest absolute Gasteiger partial charge is 0.113 e. The lowest BCUT2D eigenvalue weighted by Gasteiger charge is -2.31. The van der Waals surface area contributed by atoms with E-state index >= 15 is 0 Å². The number of aromatic nitrogens is 2. The Bertz CT molecular complexity index is 611. The molecule has 1 fully saturated rings. The molecule has 4 nitrogen and oxygen atoms in total. The minimum Gasteiger partial charge on any atom is -0.393 e. The van der Waals surface area contributed by atoms with E-state index < -0.39 is 0 Å². The summed E-state index contributed by atoms with van der Waals surface area (Å²) < 4.78 is 2.33. The van der Waals surface area contributed by atoms with Gasteiger partial charge in [-0.15, -0.1) is 0 Å². The second kappa shape index (κ2) is 5.19. The van der Waals surface area contributed by atoms with Gasteiger partial charge in [-0.05, 0) is 36.5 Å². The maximum atomic E-state index is 9.56. The van der Waals surface area contributed by atoms with Gasteiger partial charge in [-0.1, -0.05) is 19.9 Å². The van der Waals surface area contributed by atoms with Crippen LogP contribution in [0.25, 0.3) is 11.0 Å². The molecule has 0 atom stereocenters. The Morgan fingerprint density at radius 3 is 2.75 bits per heavy atom. The molecule has 0 unspecified atom stereocenters. The molecule has 0 bridgehead atoms. The summed E-state index contributed by atoms with van der Waals surface area (Å²) >= 11 is 0. The highest BCUT2D eigenvalue weighted by Crippen LogP contribution is 2.38. The number of imidazole rings is 1. The number of aliphatic hydroxyl groups is 1. The summed E-state index contributed by atoms with van der Waals surface area (Å²) in [6.07, 6.45) is 1.53. The van der Waals surface area contributed by atoms with Gasteiger partial charge in [0.25, 0.3) is 0 Å². The fraction of sp³-hybridized carbons (Fsp3) is 0.562. The summed E-state index contributed by atoms with van der Waals surface area (Å²) in [5.74, 6) is 2.11. The zero-order valence-electron chi connectivity index (χ0n) is 12.2. The Kier molecular flexibility index (Phi) is 3.52. The Morgan fingerprint density at radius 1 is 1.40 bits per heavy atom. The number of aliphatic hydroxyl groups excluding tert-OH is 1. The molecule has 3 rings (SSSR count). The van der Waals surface area contributed by atoms with Crippen molar-refractivity contribution in [3.05, 3.63) is 29.6 Å². The van der Waals surface area contributed by atoms with Crippen molar-refractivity contribution in [2.24, 2.45) is 11.7 Å². The number of hydrogen-bond donors (Lipinski definition) is 2. The van der Waals surface area contributed by atoms with Crippen molar-refractivity contribution in [1.29, 1.82) is 0 Å². The molecule has 0 radical (unpaired) electrons. The maximum absolute atomic E-state index is 9.56. The number of nitrogens with two attached hydrogens (primary N) is 1. The molecule has 0 amide bonds.